The lowest BCUT2D eigenvalue weighted by Gasteiger charge is -2.41. The Kier molecular flexibility index (Phi) is 8.72. The summed E-state index contributed by atoms with van der Waals surface area (Å²) in [5.41, 5.74) is 23.0. The van der Waals surface area contributed by atoms with Gasteiger partial charge in [-0.05, 0) is 133 Å². The second-order valence-corrected chi connectivity index (χ2v) is 19.4. The van der Waals surface area contributed by atoms with E-state index in [2.05, 4.69) is 249 Å². The van der Waals surface area contributed by atoms with Gasteiger partial charge in [-0.3, -0.25) is 0 Å². The van der Waals surface area contributed by atoms with Gasteiger partial charge in [-0.1, -0.05) is 214 Å². The molecule has 8 aromatic carbocycles. The van der Waals surface area contributed by atoms with Crippen LogP contribution in [-0.4, -0.2) is 0 Å². The van der Waals surface area contributed by atoms with Gasteiger partial charge in [0.15, 0.2) is 0 Å². The van der Waals surface area contributed by atoms with E-state index in [0.717, 1.165) is 24.9 Å². The van der Waals surface area contributed by atoms with E-state index in [9.17, 15) is 0 Å². The first-order chi connectivity index (χ1) is 32.5. The topological polar surface area (TPSA) is 3.24 Å². The largest absolute Gasteiger partial charge is 0.310 e. The van der Waals surface area contributed by atoms with Crippen LogP contribution in [0, 0.1) is 5.92 Å². The Hall–Kier alpha value is -7.48. The van der Waals surface area contributed by atoms with Gasteiger partial charge in [0.25, 0.3) is 0 Å². The van der Waals surface area contributed by atoms with E-state index >= 15 is 0 Å². The third-order valence-electron chi connectivity index (χ3n) is 15.9. The Bertz CT molecular complexity index is 3310. The number of anilines is 3. The number of hydrogen-bond donors (Lipinski definition) is 0. The average Bonchev–Trinajstić information content (AvgIpc) is 3.95. The Morgan fingerprint density at radius 2 is 1.05 bits per heavy atom. The van der Waals surface area contributed by atoms with Crippen LogP contribution in [0.2, 0.25) is 0 Å². The molecule has 1 heteroatoms. The van der Waals surface area contributed by atoms with Crippen molar-refractivity contribution in [3.63, 3.8) is 0 Å². The minimum atomic E-state index is -0.472. The molecule has 0 radical (unpaired) electrons. The lowest BCUT2D eigenvalue weighted by molar-refractivity contribution is 0.453. The monoisotopic (exact) mass is 845 g/mol. The van der Waals surface area contributed by atoms with Crippen LogP contribution >= 0.6 is 0 Å². The highest BCUT2D eigenvalue weighted by Gasteiger charge is 2.51. The third kappa shape index (κ3) is 5.29. The predicted molar refractivity (Wildman–Crippen MR) is 275 cm³/mol. The van der Waals surface area contributed by atoms with Gasteiger partial charge in [0.1, 0.15) is 0 Å². The molecule has 13 rings (SSSR count). The summed E-state index contributed by atoms with van der Waals surface area (Å²) in [6.45, 7) is 4.79. The van der Waals surface area contributed by atoms with Crippen LogP contribution in [0.25, 0.3) is 27.8 Å². The maximum absolute atomic E-state index is 2.59. The lowest BCUT2D eigenvalue weighted by atomic mass is 9.61. The molecule has 0 amide bonds. The van der Waals surface area contributed by atoms with Gasteiger partial charge in [-0.25, -0.2) is 0 Å². The van der Waals surface area contributed by atoms with Gasteiger partial charge < -0.3 is 4.90 Å². The maximum Gasteiger partial charge on any atom is 0.0713 e. The fourth-order valence-corrected chi connectivity index (χ4v) is 13.2. The molecule has 0 aliphatic heterocycles. The molecular weight excluding hydrogens is 795 g/mol. The van der Waals surface area contributed by atoms with Crippen molar-refractivity contribution in [3.05, 3.63) is 286 Å². The van der Waals surface area contributed by atoms with Crippen molar-refractivity contribution in [1.82, 2.24) is 0 Å². The second-order valence-electron chi connectivity index (χ2n) is 19.4. The van der Waals surface area contributed by atoms with E-state index in [1.807, 2.05) is 0 Å². The average molecular weight is 846 g/mol. The van der Waals surface area contributed by atoms with E-state index in [0.29, 0.717) is 0 Å². The first-order valence-electron chi connectivity index (χ1n) is 23.8. The number of fused-ring (bicyclic) bond motifs is 8. The first-order valence-corrected chi connectivity index (χ1v) is 23.8. The molecular formula is C65H51N. The van der Waals surface area contributed by atoms with Crippen molar-refractivity contribution in [3.8, 4) is 22.3 Å². The molecule has 2 atom stereocenters. The fraction of sp³-hybridized carbons (Fsp3) is 0.138. The number of rotatable bonds is 7. The van der Waals surface area contributed by atoms with Crippen molar-refractivity contribution >= 4 is 22.6 Å². The van der Waals surface area contributed by atoms with Gasteiger partial charge >= 0.3 is 0 Å². The summed E-state index contributed by atoms with van der Waals surface area (Å²) in [6.07, 6.45) is 17.3. The summed E-state index contributed by atoms with van der Waals surface area (Å²) in [7, 11) is 0. The third-order valence-corrected chi connectivity index (χ3v) is 15.9. The van der Waals surface area contributed by atoms with Crippen LogP contribution in [0.15, 0.2) is 236 Å². The van der Waals surface area contributed by atoms with Crippen LogP contribution in [0.3, 0.4) is 0 Å². The molecule has 66 heavy (non-hydrogen) atoms. The quantitative estimate of drug-likeness (QED) is 0.154. The summed E-state index contributed by atoms with van der Waals surface area (Å²) in [4.78, 5) is 2.59. The molecule has 0 saturated carbocycles. The Labute approximate surface area is 389 Å². The van der Waals surface area contributed by atoms with E-state index in [1.54, 1.807) is 0 Å². The minimum absolute atomic E-state index is 0.144. The predicted octanol–water partition coefficient (Wildman–Crippen LogP) is 16.4. The maximum atomic E-state index is 2.59. The first kappa shape index (κ1) is 38.9. The van der Waals surface area contributed by atoms with Gasteiger partial charge in [0.2, 0.25) is 0 Å². The van der Waals surface area contributed by atoms with E-state index < -0.39 is 5.41 Å². The summed E-state index contributed by atoms with van der Waals surface area (Å²) in [5, 5.41) is 0. The minimum Gasteiger partial charge on any atom is -0.310 e. The van der Waals surface area contributed by atoms with E-state index in [-0.39, 0.29) is 16.7 Å². The van der Waals surface area contributed by atoms with Crippen LogP contribution in [0.4, 0.5) is 17.1 Å². The van der Waals surface area contributed by atoms with Gasteiger partial charge in [-0.15, -0.1) is 0 Å². The molecule has 0 aromatic heterocycles. The molecule has 316 valence electrons. The summed E-state index contributed by atoms with van der Waals surface area (Å²) in [5.74, 6) is 0.271. The SMILES string of the molecule is CC1(C)c2ccccc2-c2ccc(N(c3ccc(C4(c5ccccc5)c5ccccc5-c5ccccc54)cc3)c3cccc4c3C3=C(C=CCC3)C4(c3ccccc3)C3C=CC=CC3)cc21. The summed E-state index contributed by atoms with van der Waals surface area (Å²) < 4.78 is 0. The Morgan fingerprint density at radius 1 is 0.470 bits per heavy atom. The standard InChI is InChI=1S/C65H51N/c1-63(2)55-31-16-12-27-50(55)53-42-41-49(43-60(53)63)66(48-39-37-47(38-40-48)64(44-21-6-3-7-22-44)56-32-17-13-28-51(56)52-29-14-18-33-57(52)64)61-36-20-35-59-62(61)54-30-15-19-34-58(54)65(59,45-23-8-4-9-24-45)46-25-10-5-11-26-46/h3-14,16-25,27-29,31-43,46H,15,26,30H2,1-2H3. The Balaban J connectivity index is 1.06. The van der Waals surface area contributed by atoms with Crippen molar-refractivity contribution in [2.45, 2.75) is 49.4 Å². The zero-order valence-electron chi connectivity index (χ0n) is 37.6. The van der Waals surface area contributed by atoms with Crippen molar-refractivity contribution < 1.29 is 0 Å². The smallest absolute Gasteiger partial charge is 0.0713 e. The molecule has 8 aromatic rings. The van der Waals surface area contributed by atoms with Crippen molar-refractivity contribution in [2.75, 3.05) is 4.90 Å². The zero-order valence-corrected chi connectivity index (χ0v) is 37.6. The summed E-state index contributed by atoms with van der Waals surface area (Å²) >= 11 is 0. The molecule has 0 N–H and O–H groups in total. The van der Waals surface area contributed by atoms with Crippen molar-refractivity contribution in [2.24, 2.45) is 5.92 Å². The van der Waals surface area contributed by atoms with E-state index in [1.165, 1.54) is 94.8 Å². The number of allylic oxidation sites excluding steroid dienone is 8. The zero-order chi connectivity index (χ0) is 44.0. The molecule has 0 fully saturated rings. The van der Waals surface area contributed by atoms with Crippen molar-refractivity contribution in [1.29, 1.82) is 0 Å². The molecule has 0 heterocycles. The summed E-state index contributed by atoms with van der Waals surface area (Å²) in [6, 6.07) is 73.7. The molecule has 0 bridgehead atoms. The second kappa shape index (κ2) is 14.8. The van der Waals surface area contributed by atoms with Gasteiger partial charge in [-0.2, -0.15) is 0 Å². The molecule has 0 saturated heterocycles. The number of benzene rings is 8. The molecule has 1 nitrogen and oxygen atoms in total. The molecule has 0 spiro atoms. The lowest BCUT2D eigenvalue weighted by Crippen LogP contribution is -2.36. The molecule has 2 unspecified atom stereocenters. The van der Waals surface area contributed by atoms with Gasteiger partial charge in [0.05, 0.1) is 16.5 Å². The van der Waals surface area contributed by atoms with E-state index in [4.69, 9.17) is 0 Å². The normalized spacial score (nSPS) is 19.7. The van der Waals surface area contributed by atoms with Crippen LogP contribution < -0.4 is 4.90 Å². The van der Waals surface area contributed by atoms with Crippen LogP contribution in [0.1, 0.15) is 83.2 Å². The number of hydrogen-bond acceptors (Lipinski definition) is 1. The highest BCUT2D eigenvalue weighted by atomic mass is 15.1. The molecule has 5 aliphatic rings. The van der Waals surface area contributed by atoms with Crippen LogP contribution in [0.5, 0.6) is 0 Å². The highest BCUT2D eigenvalue weighted by molar-refractivity contribution is 5.96. The van der Waals surface area contributed by atoms with Gasteiger partial charge in [0, 0.05) is 22.4 Å². The highest BCUT2D eigenvalue weighted by Crippen LogP contribution is 2.62. The van der Waals surface area contributed by atoms with Crippen LogP contribution in [-0.2, 0) is 16.2 Å². The fourth-order valence-electron chi connectivity index (χ4n) is 13.2. The molecule has 5 aliphatic carbocycles. The Morgan fingerprint density at radius 3 is 1.73 bits per heavy atom. The number of nitrogens with zero attached hydrogens (tertiary/aromatic N) is 1.